The summed E-state index contributed by atoms with van der Waals surface area (Å²) in [5.74, 6) is -0.912. The smallest absolute Gasteiger partial charge is 0.335 e. The topological polar surface area (TPSA) is 94.2 Å². The maximum Gasteiger partial charge on any atom is 0.335 e. The molecule has 122 valence electrons. The Bertz CT molecular complexity index is 824. The van der Waals surface area contributed by atoms with Gasteiger partial charge in [-0.3, -0.25) is 0 Å². The molecule has 5 nitrogen and oxygen atoms in total. The number of aromatic carboxylic acids is 1. The van der Waals surface area contributed by atoms with E-state index in [1.807, 2.05) is 23.6 Å². The molecule has 0 amide bonds. The molecule has 24 heavy (non-hydrogen) atoms. The Morgan fingerprint density at radius 3 is 2.54 bits per heavy atom. The summed E-state index contributed by atoms with van der Waals surface area (Å²) in [6.07, 6.45) is 0. The molecule has 0 atom stereocenters. The summed E-state index contributed by atoms with van der Waals surface area (Å²) >= 11 is 4.54. The predicted molar refractivity (Wildman–Crippen MR) is 98.6 cm³/mol. The molecule has 0 spiro atoms. The zero-order valence-corrected chi connectivity index (χ0v) is 14.7. The van der Waals surface area contributed by atoms with E-state index < -0.39 is 5.97 Å². The molecule has 1 aromatic heterocycles. The third kappa shape index (κ3) is 5.45. The van der Waals surface area contributed by atoms with Crippen LogP contribution in [-0.2, 0) is 0 Å². The van der Waals surface area contributed by atoms with E-state index in [1.54, 1.807) is 23.1 Å². The Morgan fingerprint density at radius 1 is 1.21 bits per heavy atom. The zero-order valence-electron chi connectivity index (χ0n) is 12.2. The number of thiocyanates is 1. The fourth-order valence-electron chi connectivity index (χ4n) is 1.62. The summed E-state index contributed by atoms with van der Waals surface area (Å²) in [4.78, 5) is 14.7. The van der Waals surface area contributed by atoms with Crippen LogP contribution in [0.1, 0.15) is 10.4 Å². The first kappa shape index (κ1) is 18.1. The number of thioether (sulfide) groups is 2. The summed E-state index contributed by atoms with van der Waals surface area (Å²) in [6, 6.07) is 13.4. The number of thiazole rings is 1. The van der Waals surface area contributed by atoms with Gasteiger partial charge < -0.3 is 10.2 Å². The molecule has 0 aliphatic rings. The second kappa shape index (κ2) is 9.17. The van der Waals surface area contributed by atoms with Crippen molar-refractivity contribution in [2.24, 2.45) is 0 Å². The molecule has 3 rings (SSSR count). The van der Waals surface area contributed by atoms with Crippen LogP contribution in [0.4, 0.5) is 0 Å². The molecule has 2 aromatic carbocycles. The van der Waals surface area contributed by atoms with Crippen LogP contribution in [-0.4, -0.2) is 26.3 Å². The lowest BCUT2D eigenvalue weighted by atomic mass is 10.2. The second-order valence-corrected chi connectivity index (χ2v) is 7.68. The zero-order chi connectivity index (χ0) is 17.4. The Morgan fingerprint density at radius 2 is 1.92 bits per heavy atom. The van der Waals surface area contributed by atoms with E-state index in [-0.39, 0.29) is 11.3 Å². The largest absolute Gasteiger partial charge is 0.508 e. The number of nitrogens with zero attached hydrogens (tertiary/aromatic N) is 2. The van der Waals surface area contributed by atoms with Crippen LogP contribution in [0.15, 0.2) is 52.9 Å². The molecule has 3 aromatic rings. The quantitative estimate of drug-likeness (QED) is 0.296. The highest BCUT2D eigenvalue weighted by molar-refractivity contribution is 8.18. The van der Waals surface area contributed by atoms with Crippen molar-refractivity contribution in [3.63, 3.8) is 0 Å². The summed E-state index contributed by atoms with van der Waals surface area (Å²) in [7, 11) is 0. The van der Waals surface area contributed by atoms with E-state index in [0.29, 0.717) is 0 Å². The van der Waals surface area contributed by atoms with Crippen molar-refractivity contribution in [2.75, 3.05) is 5.08 Å². The van der Waals surface area contributed by atoms with Crippen LogP contribution in [0.3, 0.4) is 0 Å². The Kier molecular flexibility index (Phi) is 6.93. The van der Waals surface area contributed by atoms with Crippen molar-refractivity contribution in [1.82, 2.24) is 4.98 Å². The number of aromatic hydroxyl groups is 1. The molecule has 0 saturated heterocycles. The first-order chi connectivity index (χ1) is 11.6. The number of aromatic nitrogens is 1. The van der Waals surface area contributed by atoms with E-state index in [0.717, 1.165) is 14.9 Å². The average Bonchev–Trinajstić information content (AvgIpc) is 2.99. The number of benzene rings is 2. The minimum absolute atomic E-state index is 0.0741. The first-order valence-electron chi connectivity index (χ1n) is 6.61. The molecule has 1 heterocycles. The van der Waals surface area contributed by atoms with Gasteiger partial charge in [-0.05, 0) is 48.2 Å². The van der Waals surface area contributed by atoms with Crippen molar-refractivity contribution in [3.05, 3.63) is 54.1 Å². The lowest BCUT2D eigenvalue weighted by Gasteiger charge is -1.92. The Labute approximate surface area is 151 Å². The lowest BCUT2D eigenvalue weighted by molar-refractivity contribution is 0.0697. The molecule has 0 saturated carbocycles. The number of carbonyl (C=O) groups is 1. The number of nitriles is 1. The number of hydrogen-bond acceptors (Lipinski definition) is 7. The lowest BCUT2D eigenvalue weighted by Crippen LogP contribution is -1.93. The van der Waals surface area contributed by atoms with Crippen LogP contribution >= 0.6 is 34.9 Å². The Hall–Kier alpha value is -2.21. The van der Waals surface area contributed by atoms with Crippen molar-refractivity contribution >= 4 is 51.0 Å². The molecule has 8 heteroatoms. The number of rotatable bonds is 4. The van der Waals surface area contributed by atoms with Gasteiger partial charge >= 0.3 is 5.97 Å². The first-order valence-corrected chi connectivity index (χ1v) is 9.40. The average molecular weight is 376 g/mol. The van der Waals surface area contributed by atoms with Gasteiger partial charge in [0.15, 0.2) is 4.34 Å². The third-order valence-corrected chi connectivity index (χ3v) is 5.54. The van der Waals surface area contributed by atoms with E-state index in [2.05, 4.69) is 11.1 Å². The maximum atomic E-state index is 10.2. The van der Waals surface area contributed by atoms with Gasteiger partial charge in [0.25, 0.3) is 0 Å². The van der Waals surface area contributed by atoms with Crippen LogP contribution in [0.25, 0.3) is 10.2 Å². The fourth-order valence-corrected chi connectivity index (χ4v) is 4.27. The summed E-state index contributed by atoms with van der Waals surface area (Å²) < 4.78 is 2.24. The van der Waals surface area contributed by atoms with E-state index >= 15 is 0 Å². The molecular formula is C16H12N2O3S3. The fraction of sp³-hybridized carbons (Fsp3) is 0.0625. The predicted octanol–water partition coefficient (Wildman–Crippen LogP) is 4.65. The minimum Gasteiger partial charge on any atom is -0.508 e. The Balaban J connectivity index is 0.000000185. The van der Waals surface area contributed by atoms with Crippen molar-refractivity contribution < 1.29 is 15.0 Å². The summed E-state index contributed by atoms with van der Waals surface area (Å²) in [5.41, 5.74) is 1.22. The third-order valence-electron chi connectivity index (χ3n) is 2.69. The highest BCUT2D eigenvalue weighted by Gasteiger charge is 2.02. The minimum atomic E-state index is -0.986. The van der Waals surface area contributed by atoms with Gasteiger partial charge in [-0.1, -0.05) is 23.9 Å². The summed E-state index contributed by atoms with van der Waals surface area (Å²) in [5, 5.41) is 28.3. The molecule has 0 radical (unpaired) electrons. The SMILES string of the molecule is N#CSCSc1nc2ccccc2s1.O=C(O)c1ccc(O)cc1. The second-order valence-electron chi connectivity index (χ2n) is 4.30. The van der Waals surface area contributed by atoms with E-state index in [4.69, 9.17) is 15.5 Å². The van der Waals surface area contributed by atoms with Gasteiger partial charge in [0.2, 0.25) is 0 Å². The monoisotopic (exact) mass is 376 g/mol. The standard InChI is InChI=1S/C9H6N2S3.C7H6O3/c10-5-12-6-13-9-11-7-3-1-2-4-8(7)14-9;8-6-3-1-5(2-4-6)7(9)10/h1-4H,6H2;1-4,8H,(H,9,10). The van der Waals surface area contributed by atoms with Gasteiger partial charge in [0.05, 0.1) is 20.9 Å². The number of fused-ring (bicyclic) bond motifs is 1. The number of phenols is 1. The molecule has 0 unspecified atom stereocenters. The number of hydrogen-bond donors (Lipinski definition) is 2. The van der Waals surface area contributed by atoms with Gasteiger partial charge in [0.1, 0.15) is 11.2 Å². The van der Waals surface area contributed by atoms with Gasteiger partial charge in [0, 0.05) is 0 Å². The molecule has 2 N–H and O–H groups in total. The number of phenolic OH excluding ortho intramolecular Hbond substituents is 1. The van der Waals surface area contributed by atoms with Gasteiger partial charge in [-0.15, -0.1) is 11.3 Å². The van der Waals surface area contributed by atoms with E-state index in [1.165, 1.54) is 40.7 Å². The summed E-state index contributed by atoms with van der Waals surface area (Å²) in [6.45, 7) is 0. The molecule has 0 fully saturated rings. The van der Waals surface area contributed by atoms with Crippen molar-refractivity contribution in [1.29, 1.82) is 5.26 Å². The number of para-hydroxylation sites is 1. The van der Waals surface area contributed by atoms with Gasteiger partial charge in [-0.25, -0.2) is 9.78 Å². The van der Waals surface area contributed by atoms with E-state index in [9.17, 15) is 4.79 Å². The number of carboxylic acids is 1. The van der Waals surface area contributed by atoms with Crippen molar-refractivity contribution in [3.8, 4) is 11.2 Å². The molecular weight excluding hydrogens is 364 g/mol. The molecule has 0 aliphatic heterocycles. The van der Waals surface area contributed by atoms with Crippen molar-refractivity contribution in [2.45, 2.75) is 4.34 Å². The van der Waals surface area contributed by atoms with Crippen LogP contribution in [0.2, 0.25) is 0 Å². The highest BCUT2D eigenvalue weighted by atomic mass is 32.2. The van der Waals surface area contributed by atoms with Crippen LogP contribution in [0.5, 0.6) is 5.75 Å². The highest BCUT2D eigenvalue weighted by Crippen LogP contribution is 2.30. The van der Waals surface area contributed by atoms with Crippen LogP contribution in [0, 0.1) is 10.7 Å². The number of carboxylic acid groups (broad SMARTS) is 1. The normalized spacial score (nSPS) is 9.79. The van der Waals surface area contributed by atoms with Gasteiger partial charge in [-0.2, -0.15) is 5.26 Å². The van der Waals surface area contributed by atoms with Crippen LogP contribution < -0.4 is 0 Å². The molecule has 0 aliphatic carbocycles. The molecule has 0 bridgehead atoms. The maximum absolute atomic E-state index is 10.2.